The Labute approximate surface area is 216 Å². The summed E-state index contributed by atoms with van der Waals surface area (Å²) in [6, 6.07) is 20.9. The van der Waals surface area contributed by atoms with E-state index in [1.807, 2.05) is 76.2 Å². The van der Waals surface area contributed by atoms with Crippen LogP contribution in [0.15, 0.2) is 65.6 Å². The van der Waals surface area contributed by atoms with E-state index in [1.54, 1.807) is 26.0 Å². The highest BCUT2D eigenvalue weighted by Crippen LogP contribution is 2.31. The fourth-order valence-corrected chi connectivity index (χ4v) is 5.10. The van der Waals surface area contributed by atoms with Gasteiger partial charge in [-0.3, -0.25) is 9.52 Å². The number of nitrogens with one attached hydrogen (secondary N) is 1. The monoisotopic (exact) mass is 502 g/mol. The van der Waals surface area contributed by atoms with Crippen LogP contribution in [0.1, 0.15) is 81.2 Å². The molecule has 5 nitrogen and oxygen atoms in total. The van der Waals surface area contributed by atoms with Crippen LogP contribution in [0.25, 0.3) is 11.1 Å². The van der Waals surface area contributed by atoms with Gasteiger partial charge in [-0.05, 0) is 89.4 Å². The molecule has 0 radical (unpaired) electrons. The quantitative estimate of drug-likeness (QED) is 0.390. The minimum atomic E-state index is -1.82. The third-order valence-corrected chi connectivity index (χ3v) is 7.25. The van der Waals surface area contributed by atoms with Crippen LogP contribution in [0.4, 0.5) is 0 Å². The number of carbonyl (C=O) groups excluding carboxylic acids is 1. The lowest BCUT2D eigenvalue weighted by atomic mass is 9.85. The lowest BCUT2D eigenvalue weighted by molar-refractivity contribution is -0.118. The third-order valence-electron chi connectivity index (χ3n) is 6.17. The van der Waals surface area contributed by atoms with Gasteiger partial charge in [-0.2, -0.15) is 5.26 Å². The predicted molar refractivity (Wildman–Crippen MR) is 145 cm³/mol. The molecule has 0 heterocycles. The molecule has 6 heteroatoms. The van der Waals surface area contributed by atoms with Crippen molar-refractivity contribution in [2.24, 2.45) is 0 Å². The molecule has 2 N–H and O–H groups in total. The Morgan fingerprint density at radius 2 is 1.56 bits per heavy atom. The van der Waals surface area contributed by atoms with Gasteiger partial charge in [-0.15, -0.1) is 0 Å². The van der Waals surface area contributed by atoms with E-state index in [0.717, 1.165) is 27.8 Å². The minimum absolute atomic E-state index is 0.0647. The molecule has 0 aliphatic rings. The molecule has 0 bridgehead atoms. The first-order chi connectivity index (χ1) is 16.9. The first-order valence-corrected chi connectivity index (χ1v) is 13.3. The molecule has 0 aliphatic carbocycles. The van der Waals surface area contributed by atoms with E-state index in [1.165, 1.54) is 0 Å². The predicted octanol–water partition coefficient (Wildman–Crippen LogP) is 6.08. The topological polar surface area (TPSA) is 90.2 Å². The van der Waals surface area contributed by atoms with Gasteiger partial charge in [0.15, 0.2) is 11.0 Å². The van der Waals surface area contributed by atoms with Gasteiger partial charge < -0.3 is 5.11 Å². The van der Waals surface area contributed by atoms with Crippen LogP contribution in [0.3, 0.4) is 0 Å². The van der Waals surface area contributed by atoms with Gasteiger partial charge in [0.2, 0.25) is 5.91 Å². The second-order valence-corrected chi connectivity index (χ2v) is 11.4. The standard InChI is InChI=1S/C30H34N2O3S/c1-19(2)26-12-21(18-31)13-27(20(3)4)28(26)17-29(33)32-36(35)25-15-23(22-10-8-7-9-11-22)14-24(16-25)30(5,6)34/h7-16,19-20,34H,17H2,1-6H3,(H,32,33). The largest absolute Gasteiger partial charge is 0.386 e. The molecule has 188 valence electrons. The van der Waals surface area contributed by atoms with Crippen LogP contribution >= 0.6 is 0 Å². The summed E-state index contributed by atoms with van der Waals surface area (Å²) in [6.07, 6.45) is 0.0647. The van der Waals surface area contributed by atoms with Crippen molar-refractivity contribution in [3.05, 3.63) is 88.5 Å². The molecule has 1 amide bonds. The number of amides is 1. The Hall–Kier alpha value is -3.27. The molecule has 1 atom stereocenters. The van der Waals surface area contributed by atoms with Crippen molar-refractivity contribution in [1.29, 1.82) is 5.26 Å². The molecular weight excluding hydrogens is 468 g/mol. The van der Waals surface area contributed by atoms with Gasteiger partial charge in [0, 0.05) is 0 Å². The molecular formula is C30H34N2O3S. The van der Waals surface area contributed by atoms with Crippen molar-refractivity contribution < 1.29 is 14.1 Å². The van der Waals surface area contributed by atoms with Crippen LogP contribution in [0.5, 0.6) is 0 Å². The molecule has 0 spiro atoms. The summed E-state index contributed by atoms with van der Waals surface area (Å²) in [6.45, 7) is 11.5. The van der Waals surface area contributed by atoms with Gasteiger partial charge in [-0.1, -0.05) is 58.0 Å². The summed E-state index contributed by atoms with van der Waals surface area (Å²) < 4.78 is 16.0. The van der Waals surface area contributed by atoms with Crippen LogP contribution in [-0.4, -0.2) is 15.2 Å². The second kappa shape index (κ2) is 11.2. The Bertz CT molecular complexity index is 1290. The number of nitrogens with zero attached hydrogens (tertiary/aromatic N) is 1. The Balaban J connectivity index is 1.94. The van der Waals surface area contributed by atoms with Gasteiger partial charge in [0.1, 0.15) is 0 Å². The molecule has 0 aliphatic heterocycles. The van der Waals surface area contributed by atoms with Gasteiger partial charge in [-0.25, -0.2) is 4.21 Å². The average Bonchev–Trinajstić information content (AvgIpc) is 2.83. The van der Waals surface area contributed by atoms with E-state index in [4.69, 9.17) is 0 Å². The third kappa shape index (κ3) is 6.48. The van der Waals surface area contributed by atoms with Crippen LogP contribution in [-0.2, 0) is 27.8 Å². The molecule has 1 unspecified atom stereocenters. The first kappa shape index (κ1) is 27.3. The fourth-order valence-electron chi connectivity index (χ4n) is 4.23. The van der Waals surface area contributed by atoms with Crippen LogP contribution < -0.4 is 4.72 Å². The Morgan fingerprint density at radius 3 is 2.06 bits per heavy atom. The number of hydrogen-bond donors (Lipinski definition) is 2. The van der Waals surface area contributed by atoms with Crippen molar-refractivity contribution in [1.82, 2.24) is 4.72 Å². The Morgan fingerprint density at radius 1 is 0.972 bits per heavy atom. The molecule has 0 aromatic heterocycles. The highest BCUT2D eigenvalue weighted by Gasteiger charge is 2.22. The summed E-state index contributed by atoms with van der Waals surface area (Å²) >= 11 is 0. The normalized spacial score (nSPS) is 12.4. The summed E-state index contributed by atoms with van der Waals surface area (Å²) in [5.74, 6) is -0.112. The highest BCUT2D eigenvalue weighted by molar-refractivity contribution is 7.83. The van der Waals surface area contributed by atoms with Crippen LogP contribution in [0, 0.1) is 11.3 Å². The maximum atomic E-state index is 13.3. The zero-order valence-corrected chi connectivity index (χ0v) is 22.6. The number of carbonyl (C=O) groups is 1. The lowest BCUT2D eigenvalue weighted by Gasteiger charge is -2.21. The first-order valence-electron chi connectivity index (χ1n) is 12.1. The van der Waals surface area contributed by atoms with E-state index in [2.05, 4.69) is 10.8 Å². The smallest absolute Gasteiger partial charge is 0.236 e. The van der Waals surface area contributed by atoms with Crippen molar-refractivity contribution in [3.8, 4) is 17.2 Å². The number of benzene rings is 3. The minimum Gasteiger partial charge on any atom is -0.386 e. The van der Waals surface area contributed by atoms with E-state index < -0.39 is 16.6 Å². The van der Waals surface area contributed by atoms with Gasteiger partial charge in [0.25, 0.3) is 0 Å². The molecule has 3 aromatic rings. The van der Waals surface area contributed by atoms with Crippen LogP contribution in [0.2, 0.25) is 0 Å². The Kier molecular flexibility index (Phi) is 8.50. The lowest BCUT2D eigenvalue weighted by Crippen LogP contribution is -2.28. The number of hydrogen-bond acceptors (Lipinski definition) is 4. The summed E-state index contributed by atoms with van der Waals surface area (Å²) in [5, 5.41) is 20.1. The molecule has 0 saturated carbocycles. The zero-order chi connectivity index (χ0) is 26.6. The fraction of sp³-hybridized carbons (Fsp3) is 0.333. The van der Waals surface area contributed by atoms with Crippen molar-refractivity contribution in [2.75, 3.05) is 0 Å². The van der Waals surface area contributed by atoms with Crippen molar-refractivity contribution in [3.63, 3.8) is 0 Å². The van der Waals surface area contributed by atoms with Crippen molar-refractivity contribution in [2.45, 2.75) is 70.3 Å². The van der Waals surface area contributed by atoms with Gasteiger partial charge in [0.05, 0.1) is 28.6 Å². The molecule has 3 aromatic carbocycles. The van der Waals surface area contributed by atoms with E-state index in [9.17, 15) is 19.4 Å². The molecule has 0 saturated heterocycles. The molecule has 3 rings (SSSR count). The van der Waals surface area contributed by atoms with Gasteiger partial charge >= 0.3 is 0 Å². The summed E-state index contributed by atoms with van der Waals surface area (Å²) in [4.78, 5) is 13.5. The molecule has 0 fully saturated rings. The zero-order valence-electron chi connectivity index (χ0n) is 21.8. The number of rotatable bonds is 8. The van der Waals surface area contributed by atoms with E-state index in [0.29, 0.717) is 16.0 Å². The SMILES string of the molecule is CC(C)c1cc(C#N)cc(C(C)C)c1CC(=O)NS(=O)c1cc(-c2ccccc2)cc(C(C)(C)O)c1. The second-order valence-electron chi connectivity index (χ2n) is 10.2. The highest BCUT2D eigenvalue weighted by atomic mass is 32.2. The summed E-state index contributed by atoms with van der Waals surface area (Å²) in [7, 11) is -1.82. The maximum Gasteiger partial charge on any atom is 0.236 e. The average molecular weight is 503 g/mol. The van der Waals surface area contributed by atoms with E-state index >= 15 is 0 Å². The summed E-state index contributed by atoms with van der Waals surface area (Å²) in [5.41, 5.74) is 4.56. The number of aliphatic hydroxyl groups is 1. The maximum absolute atomic E-state index is 13.3. The molecule has 36 heavy (non-hydrogen) atoms. The van der Waals surface area contributed by atoms with Crippen molar-refractivity contribution >= 4 is 16.9 Å². The number of nitriles is 1. The van der Waals surface area contributed by atoms with E-state index in [-0.39, 0.29) is 24.2 Å².